The van der Waals surface area contributed by atoms with E-state index in [2.05, 4.69) is 74.4 Å². The molecule has 0 N–H and O–H groups in total. The summed E-state index contributed by atoms with van der Waals surface area (Å²) >= 11 is 0.421. The second-order valence-corrected chi connectivity index (χ2v) is 7.70. The second-order valence-electron chi connectivity index (χ2n) is 5.36. The van der Waals surface area contributed by atoms with Crippen LogP contribution in [0.3, 0.4) is 0 Å². The third-order valence-electron chi connectivity index (χ3n) is 3.56. The van der Waals surface area contributed by atoms with Crippen molar-refractivity contribution in [1.82, 2.24) is 4.90 Å². The largest absolute Gasteiger partial charge is 2.00 e. The first kappa shape index (κ1) is 20.0. The molecule has 0 aliphatic rings. The Morgan fingerprint density at radius 2 is 1.61 bits per heavy atom. The van der Waals surface area contributed by atoms with Crippen LogP contribution in [0.2, 0.25) is 0 Å². The van der Waals surface area contributed by atoms with Gasteiger partial charge in [0, 0.05) is 0 Å². The summed E-state index contributed by atoms with van der Waals surface area (Å²) in [6.07, 6.45) is 0. The first-order valence-corrected chi connectivity index (χ1v) is 9.21. The Labute approximate surface area is 157 Å². The number of benzene rings is 1. The van der Waals surface area contributed by atoms with Crippen LogP contribution in [0.5, 0.6) is 0 Å². The summed E-state index contributed by atoms with van der Waals surface area (Å²) in [7, 11) is 4.27. The number of hydrogen-bond acceptors (Lipinski definition) is 1. The van der Waals surface area contributed by atoms with Crippen molar-refractivity contribution in [2.45, 2.75) is 13.0 Å². The molecule has 0 heterocycles. The smallest absolute Gasteiger partial charge is 0.214 e. The van der Waals surface area contributed by atoms with E-state index in [9.17, 15) is 0 Å². The fourth-order valence-electron chi connectivity index (χ4n) is 2.07. The molecule has 0 saturated carbocycles. The van der Waals surface area contributed by atoms with Crippen LogP contribution in [0.4, 0.5) is 0 Å². The van der Waals surface area contributed by atoms with E-state index in [4.69, 9.17) is 0 Å². The van der Waals surface area contributed by atoms with Gasteiger partial charge in [-0.15, -0.1) is 0 Å². The van der Waals surface area contributed by atoms with Gasteiger partial charge in [0.1, 0.15) is 0 Å². The minimum absolute atomic E-state index is 0. The molecular formula is C20H23FeNSe. The predicted octanol–water partition coefficient (Wildman–Crippen LogP) is 3.09. The molecule has 122 valence electrons. The zero-order chi connectivity index (χ0) is 15.8. The van der Waals surface area contributed by atoms with Gasteiger partial charge in [0.05, 0.1) is 0 Å². The second kappa shape index (κ2) is 10.6. The first-order chi connectivity index (χ1) is 10.7. The minimum atomic E-state index is 0. The molecule has 3 aromatic rings. The Kier molecular flexibility index (Phi) is 9.24. The van der Waals surface area contributed by atoms with Crippen molar-refractivity contribution < 1.29 is 17.1 Å². The van der Waals surface area contributed by atoms with Gasteiger partial charge in [-0.25, -0.2) is 12.1 Å². The molecule has 3 aromatic carbocycles. The average molecular weight is 412 g/mol. The van der Waals surface area contributed by atoms with Crippen molar-refractivity contribution in [2.24, 2.45) is 0 Å². The molecule has 1 nitrogen and oxygen atoms in total. The standard InChI is InChI=1S/C15H18NSe.C5H5.Fe/c1-12(16(2)3)14-10-7-11-15(14)17-13-8-5-4-6-9-13;1-2-4-5-3-1;/h4-12H,1-3H3;1-5H;/q2*-1;+2. The summed E-state index contributed by atoms with van der Waals surface area (Å²) in [5.41, 5.74) is 1.47. The topological polar surface area (TPSA) is 3.24 Å². The summed E-state index contributed by atoms with van der Waals surface area (Å²) in [5.74, 6) is 0. The zero-order valence-corrected chi connectivity index (χ0v) is 16.6. The molecule has 1 unspecified atom stereocenters. The Morgan fingerprint density at radius 1 is 0.957 bits per heavy atom. The average Bonchev–Trinajstić information content (AvgIpc) is 3.22. The molecule has 0 aromatic heterocycles. The number of hydrogen-bond donors (Lipinski definition) is 0. The van der Waals surface area contributed by atoms with Gasteiger partial charge in [0.15, 0.2) is 0 Å². The molecule has 1 atom stereocenters. The molecule has 0 aliphatic heterocycles. The van der Waals surface area contributed by atoms with Gasteiger partial charge in [-0.05, 0) is 0 Å². The molecule has 0 saturated heterocycles. The van der Waals surface area contributed by atoms with Crippen LogP contribution in [0, 0.1) is 0 Å². The predicted molar refractivity (Wildman–Crippen MR) is 97.6 cm³/mol. The van der Waals surface area contributed by atoms with Gasteiger partial charge in [-0.2, -0.15) is 18.2 Å². The third-order valence-corrected chi connectivity index (χ3v) is 5.87. The van der Waals surface area contributed by atoms with Gasteiger partial charge in [-0.1, -0.05) is 0 Å². The van der Waals surface area contributed by atoms with E-state index < -0.39 is 0 Å². The van der Waals surface area contributed by atoms with Crippen molar-refractivity contribution in [2.75, 3.05) is 14.1 Å². The van der Waals surface area contributed by atoms with Crippen molar-refractivity contribution >= 4 is 23.9 Å². The summed E-state index contributed by atoms with van der Waals surface area (Å²) in [5, 5.41) is 0. The Hall–Kier alpha value is -1.08. The van der Waals surface area contributed by atoms with Crippen molar-refractivity contribution in [3.8, 4) is 0 Å². The summed E-state index contributed by atoms with van der Waals surface area (Å²) in [6, 6.07) is 27.9. The SMILES string of the molecule is CC([c-]1cccc1[Se]c1ccccc1)N(C)C.[Fe+2].c1cc[cH-]c1. The molecular weight excluding hydrogens is 389 g/mol. The summed E-state index contributed by atoms with van der Waals surface area (Å²) in [6.45, 7) is 2.26. The van der Waals surface area contributed by atoms with Crippen LogP contribution in [-0.4, -0.2) is 34.0 Å². The molecule has 0 aliphatic carbocycles. The molecule has 0 bridgehead atoms. The Morgan fingerprint density at radius 3 is 2.13 bits per heavy atom. The molecule has 0 amide bonds. The maximum absolute atomic E-state index is 2.27. The van der Waals surface area contributed by atoms with Gasteiger partial charge in [-0.3, -0.25) is 0 Å². The third kappa shape index (κ3) is 6.51. The monoisotopic (exact) mass is 413 g/mol. The van der Waals surface area contributed by atoms with Crippen molar-refractivity contribution in [3.63, 3.8) is 0 Å². The van der Waals surface area contributed by atoms with E-state index in [0.717, 1.165) is 0 Å². The fraction of sp³-hybridized carbons (Fsp3) is 0.200. The van der Waals surface area contributed by atoms with Gasteiger partial charge in [0.25, 0.3) is 0 Å². The van der Waals surface area contributed by atoms with E-state index in [0.29, 0.717) is 21.0 Å². The zero-order valence-electron chi connectivity index (χ0n) is 13.8. The normalized spacial score (nSPS) is 11.3. The van der Waals surface area contributed by atoms with E-state index in [1.807, 2.05) is 30.3 Å². The van der Waals surface area contributed by atoms with Crippen molar-refractivity contribution in [1.29, 1.82) is 0 Å². The van der Waals surface area contributed by atoms with Gasteiger partial charge in [0.2, 0.25) is 0 Å². The number of rotatable bonds is 4. The Balaban J connectivity index is 0.000000377. The van der Waals surface area contributed by atoms with Gasteiger partial charge < -0.3 is 0 Å². The van der Waals surface area contributed by atoms with E-state index >= 15 is 0 Å². The van der Waals surface area contributed by atoms with Crippen molar-refractivity contribution in [3.05, 3.63) is 84.4 Å². The van der Waals surface area contributed by atoms with Crippen LogP contribution >= 0.6 is 0 Å². The Bertz CT molecular complexity index is 612. The number of nitrogens with zero attached hydrogens (tertiary/aromatic N) is 1. The van der Waals surface area contributed by atoms with E-state index in [1.165, 1.54) is 14.5 Å². The van der Waals surface area contributed by atoms with Crippen LogP contribution in [0.1, 0.15) is 18.5 Å². The molecule has 0 radical (unpaired) electrons. The quantitative estimate of drug-likeness (QED) is 0.471. The first-order valence-electron chi connectivity index (χ1n) is 7.50. The maximum atomic E-state index is 2.27. The van der Waals surface area contributed by atoms with Gasteiger partial charge >= 0.3 is 127 Å². The molecule has 3 heteroatoms. The van der Waals surface area contributed by atoms with E-state index in [1.54, 1.807) is 0 Å². The summed E-state index contributed by atoms with van der Waals surface area (Å²) < 4.78 is 2.95. The molecule has 3 rings (SSSR count). The fourth-order valence-corrected chi connectivity index (χ4v) is 4.27. The maximum Gasteiger partial charge on any atom is 2.00 e. The van der Waals surface area contributed by atoms with Crippen LogP contribution in [-0.2, 0) is 17.1 Å². The van der Waals surface area contributed by atoms with Crippen LogP contribution in [0.25, 0.3) is 0 Å². The minimum Gasteiger partial charge on any atom is -0.214 e. The van der Waals surface area contributed by atoms with Crippen LogP contribution < -0.4 is 8.92 Å². The molecule has 0 spiro atoms. The molecule has 0 fully saturated rings. The summed E-state index contributed by atoms with van der Waals surface area (Å²) in [4.78, 5) is 2.26. The van der Waals surface area contributed by atoms with E-state index in [-0.39, 0.29) is 17.1 Å². The molecule has 23 heavy (non-hydrogen) atoms. The van der Waals surface area contributed by atoms with Crippen LogP contribution in [0.15, 0.2) is 78.9 Å².